The molecule has 0 radical (unpaired) electrons. The topological polar surface area (TPSA) is 30.9 Å². The second-order valence-corrected chi connectivity index (χ2v) is 7.29. The third-order valence-electron chi connectivity index (χ3n) is 5.08. The number of methoxy groups -OCH3 is 1. The van der Waals surface area contributed by atoms with Crippen molar-refractivity contribution in [1.82, 2.24) is 4.90 Å². The monoisotopic (exact) mass is 389 g/mol. The van der Waals surface area contributed by atoms with Crippen LogP contribution in [0.1, 0.15) is 36.9 Å². The first kappa shape index (κ1) is 19.8. The summed E-state index contributed by atoms with van der Waals surface area (Å²) in [6, 6.07) is 4.41. The van der Waals surface area contributed by atoms with E-state index in [1.165, 1.54) is 11.1 Å². The Kier molecular flexibility index (Phi) is 6.51. The standard InChI is InChI=1S/C22H28ClNO3/c1-5-26-16(3)19-14-24-8-7-17-12-22(27-10-6-9-25-4)20(23)13-18(17)21(24)11-15(19)2/h12-14,21H,2-3,5-11H2,1,4H3. The van der Waals surface area contributed by atoms with Crippen LogP contribution in [0.2, 0.25) is 5.02 Å². The van der Waals surface area contributed by atoms with E-state index in [9.17, 15) is 0 Å². The van der Waals surface area contributed by atoms with E-state index in [4.69, 9.17) is 25.8 Å². The predicted octanol–water partition coefficient (Wildman–Crippen LogP) is 5.05. The van der Waals surface area contributed by atoms with Crippen molar-refractivity contribution in [2.24, 2.45) is 0 Å². The van der Waals surface area contributed by atoms with Gasteiger partial charge in [-0.2, -0.15) is 0 Å². The molecule has 27 heavy (non-hydrogen) atoms. The number of hydrogen-bond acceptors (Lipinski definition) is 4. The summed E-state index contributed by atoms with van der Waals surface area (Å²) < 4.78 is 16.5. The molecule has 2 aliphatic rings. The van der Waals surface area contributed by atoms with E-state index in [0.717, 1.165) is 42.7 Å². The highest BCUT2D eigenvalue weighted by atomic mass is 35.5. The fourth-order valence-electron chi connectivity index (χ4n) is 3.72. The molecule has 5 heteroatoms. The summed E-state index contributed by atoms with van der Waals surface area (Å²) in [5, 5.41) is 0.659. The van der Waals surface area contributed by atoms with Gasteiger partial charge < -0.3 is 19.1 Å². The van der Waals surface area contributed by atoms with Gasteiger partial charge in [-0.3, -0.25) is 0 Å². The Balaban J connectivity index is 1.80. The Bertz CT molecular complexity index is 756. The summed E-state index contributed by atoms with van der Waals surface area (Å²) in [5.41, 5.74) is 4.63. The average molecular weight is 390 g/mol. The van der Waals surface area contributed by atoms with Gasteiger partial charge >= 0.3 is 0 Å². The van der Waals surface area contributed by atoms with Crippen molar-refractivity contribution in [3.8, 4) is 5.75 Å². The molecule has 0 spiro atoms. The minimum Gasteiger partial charge on any atom is -0.494 e. The Morgan fingerprint density at radius 1 is 1.33 bits per heavy atom. The van der Waals surface area contributed by atoms with Crippen LogP contribution < -0.4 is 4.74 Å². The van der Waals surface area contributed by atoms with Crippen molar-refractivity contribution in [1.29, 1.82) is 0 Å². The second-order valence-electron chi connectivity index (χ2n) is 6.89. The van der Waals surface area contributed by atoms with Crippen molar-refractivity contribution in [3.05, 3.63) is 64.5 Å². The molecule has 0 saturated carbocycles. The van der Waals surface area contributed by atoms with Gasteiger partial charge in [0.15, 0.2) is 0 Å². The van der Waals surface area contributed by atoms with E-state index >= 15 is 0 Å². The molecule has 3 rings (SSSR count). The number of benzene rings is 1. The van der Waals surface area contributed by atoms with Crippen LogP contribution in [0.4, 0.5) is 0 Å². The molecule has 2 aliphatic heterocycles. The van der Waals surface area contributed by atoms with Crippen molar-refractivity contribution in [2.75, 3.05) is 33.5 Å². The Labute approximate surface area is 167 Å². The molecule has 1 unspecified atom stereocenters. The summed E-state index contributed by atoms with van der Waals surface area (Å²) in [7, 11) is 1.69. The van der Waals surface area contributed by atoms with Gasteiger partial charge in [-0.25, -0.2) is 0 Å². The van der Waals surface area contributed by atoms with Gasteiger partial charge in [0, 0.05) is 38.5 Å². The highest BCUT2D eigenvalue weighted by Gasteiger charge is 2.32. The van der Waals surface area contributed by atoms with Crippen molar-refractivity contribution in [3.63, 3.8) is 0 Å². The Hall–Kier alpha value is -1.91. The fourth-order valence-corrected chi connectivity index (χ4v) is 3.95. The zero-order valence-electron chi connectivity index (χ0n) is 16.2. The molecular formula is C22H28ClNO3. The summed E-state index contributed by atoms with van der Waals surface area (Å²) in [5.74, 6) is 1.46. The van der Waals surface area contributed by atoms with Gasteiger partial charge in [0.05, 0.1) is 24.3 Å². The lowest BCUT2D eigenvalue weighted by Gasteiger charge is -2.41. The third kappa shape index (κ3) is 4.33. The molecule has 1 aromatic rings. The lowest BCUT2D eigenvalue weighted by atomic mass is 9.84. The van der Waals surface area contributed by atoms with Crippen LogP contribution in [0.5, 0.6) is 5.75 Å². The quantitative estimate of drug-likeness (QED) is 0.460. The summed E-state index contributed by atoms with van der Waals surface area (Å²) in [6.07, 6.45) is 4.78. The first-order valence-corrected chi connectivity index (χ1v) is 9.84. The largest absolute Gasteiger partial charge is 0.494 e. The minimum absolute atomic E-state index is 0.250. The molecule has 1 aromatic carbocycles. The first-order chi connectivity index (χ1) is 13.0. The molecule has 0 N–H and O–H groups in total. The SMILES string of the molecule is C=C1CC2c3cc(Cl)c(OCCCOC)cc3CCN2C=C1C(=C)OCC. The van der Waals surface area contributed by atoms with Crippen molar-refractivity contribution in [2.45, 2.75) is 32.2 Å². The number of allylic oxidation sites excluding steroid dienone is 1. The number of rotatable bonds is 8. The minimum atomic E-state index is 0.250. The van der Waals surface area contributed by atoms with Crippen LogP contribution in [0, 0.1) is 0 Å². The fraction of sp³-hybridized carbons (Fsp3) is 0.455. The number of halogens is 1. The number of hydrogen-bond donors (Lipinski definition) is 0. The van der Waals surface area contributed by atoms with E-state index in [1.807, 2.05) is 6.92 Å². The maximum atomic E-state index is 6.52. The highest BCUT2D eigenvalue weighted by molar-refractivity contribution is 6.32. The normalized spacial score (nSPS) is 18.5. The highest BCUT2D eigenvalue weighted by Crippen LogP contribution is 2.43. The zero-order chi connectivity index (χ0) is 19.4. The predicted molar refractivity (Wildman–Crippen MR) is 109 cm³/mol. The lowest BCUT2D eigenvalue weighted by molar-refractivity contribution is 0.172. The molecule has 0 aromatic heterocycles. The van der Waals surface area contributed by atoms with Crippen LogP contribution in [-0.2, 0) is 15.9 Å². The van der Waals surface area contributed by atoms with Gasteiger partial charge in [0.25, 0.3) is 0 Å². The maximum Gasteiger partial charge on any atom is 0.138 e. The van der Waals surface area contributed by atoms with E-state index in [0.29, 0.717) is 30.6 Å². The zero-order valence-corrected chi connectivity index (χ0v) is 17.0. The molecule has 0 saturated heterocycles. The Morgan fingerprint density at radius 2 is 2.15 bits per heavy atom. The molecule has 0 bridgehead atoms. The third-order valence-corrected chi connectivity index (χ3v) is 5.37. The smallest absolute Gasteiger partial charge is 0.138 e. The van der Waals surface area contributed by atoms with Crippen molar-refractivity contribution < 1.29 is 14.2 Å². The molecule has 1 atom stereocenters. The molecule has 146 valence electrons. The second kappa shape index (κ2) is 8.85. The molecule has 0 amide bonds. The number of nitrogens with zero attached hydrogens (tertiary/aromatic N) is 1. The summed E-state index contributed by atoms with van der Waals surface area (Å²) >= 11 is 6.52. The van der Waals surface area contributed by atoms with Crippen LogP contribution in [0.25, 0.3) is 0 Å². The van der Waals surface area contributed by atoms with Gasteiger partial charge in [0.1, 0.15) is 11.5 Å². The van der Waals surface area contributed by atoms with Crippen LogP contribution in [0.3, 0.4) is 0 Å². The summed E-state index contributed by atoms with van der Waals surface area (Å²) in [6.45, 7) is 13.1. The molecule has 4 nitrogen and oxygen atoms in total. The van der Waals surface area contributed by atoms with Gasteiger partial charge in [-0.1, -0.05) is 24.8 Å². The molecule has 2 heterocycles. The average Bonchev–Trinajstić information content (AvgIpc) is 2.65. The van der Waals surface area contributed by atoms with E-state index in [1.54, 1.807) is 7.11 Å². The molecular weight excluding hydrogens is 362 g/mol. The number of fused-ring (bicyclic) bond motifs is 3. The van der Waals surface area contributed by atoms with Crippen molar-refractivity contribution >= 4 is 11.6 Å². The maximum absolute atomic E-state index is 6.52. The molecule has 0 aliphatic carbocycles. The Morgan fingerprint density at radius 3 is 2.89 bits per heavy atom. The van der Waals surface area contributed by atoms with Crippen LogP contribution in [-0.4, -0.2) is 38.4 Å². The number of ether oxygens (including phenoxy) is 3. The lowest BCUT2D eigenvalue weighted by Crippen LogP contribution is -2.35. The van der Waals surface area contributed by atoms with Gasteiger partial charge in [-0.15, -0.1) is 0 Å². The van der Waals surface area contributed by atoms with E-state index < -0.39 is 0 Å². The summed E-state index contributed by atoms with van der Waals surface area (Å²) in [4.78, 5) is 2.35. The van der Waals surface area contributed by atoms with E-state index in [2.05, 4.69) is 36.4 Å². The molecule has 0 fully saturated rings. The van der Waals surface area contributed by atoms with Gasteiger partial charge in [-0.05, 0) is 48.6 Å². The first-order valence-electron chi connectivity index (χ1n) is 9.47. The van der Waals surface area contributed by atoms with Crippen LogP contribution >= 0.6 is 11.6 Å². The van der Waals surface area contributed by atoms with Crippen LogP contribution in [0.15, 0.2) is 48.4 Å². The van der Waals surface area contributed by atoms with Gasteiger partial charge in [0.2, 0.25) is 0 Å². The van der Waals surface area contributed by atoms with E-state index in [-0.39, 0.29) is 6.04 Å².